The van der Waals surface area contributed by atoms with Crippen LogP contribution in [0.4, 0.5) is 0 Å². The Morgan fingerprint density at radius 3 is 2.52 bits per heavy atom. The van der Waals surface area contributed by atoms with Crippen LogP contribution in [0.3, 0.4) is 0 Å². The van der Waals surface area contributed by atoms with E-state index < -0.39 is 10.0 Å². The second-order valence-corrected chi connectivity index (χ2v) is 7.67. The first-order valence-electron chi connectivity index (χ1n) is 7.91. The van der Waals surface area contributed by atoms with Crippen molar-refractivity contribution < 1.29 is 8.42 Å². The summed E-state index contributed by atoms with van der Waals surface area (Å²) in [5.41, 5.74) is 4.38. The van der Waals surface area contributed by atoms with Crippen molar-refractivity contribution in [2.45, 2.75) is 6.92 Å². The summed E-state index contributed by atoms with van der Waals surface area (Å²) in [7, 11) is -3.44. The van der Waals surface area contributed by atoms with E-state index in [4.69, 9.17) is 0 Å². The monoisotopic (exact) mass is 352 g/mol. The lowest BCUT2D eigenvalue weighted by Gasteiger charge is -2.29. The first kappa shape index (κ1) is 15.7. The zero-order valence-corrected chi connectivity index (χ0v) is 14.4. The van der Waals surface area contributed by atoms with Crippen LogP contribution in [0.2, 0.25) is 0 Å². The molecule has 2 aromatic rings. The molecule has 2 aliphatic heterocycles. The van der Waals surface area contributed by atoms with Crippen LogP contribution in [0.25, 0.3) is 16.8 Å². The second kappa shape index (κ2) is 5.93. The SMILES string of the molecule is CC1=NN2CCS(=O)(=O)N=C2C(c2ccc(-c3ccccn3)cc2)=C1. The second-order valence-electron chi connectivity index (χ2n) is 5.92. The molecule has 25 heavy (non-hydrogen) atoms. The molecule has 2 aliphatic rings. The Labute approximate surface area is 146 Å². The molecule has 0 aliphatic carbocycles. The minimum Gasteiger partial charge on any atom is -0.256 e. The Balaban J connectivity index is 1.75. The molecule has 0 amide bonds. The molecule has 0 bridgehead atoms. The zero-order chi connectivity index (χ0) is 17.4. The van der Waals surface area contributed by atoms with Gasteiger partial charge in [-0.05, 0) is 30.7 Å². The van der Waals surface area contributed by atoms with Crippen molar-refractivity contribution in [2.75, 3.05) is 12.3 Å². The average Bonchev–Trinajstić information content (AvgIpc) is 2.62. The van der Waals surface area contributed by atoms with Crippen molar-refractivity contribution in [2.24, 2.45) is 9.50 Å². The van der Waals surface area contributed by atoms with Crippen LogP contribution in [0.15, 0.2) is 64.2 Å². The van der Waals surface area contributed by atoms with Crippen molar-refractivity contribution >= 4 is 27.1 Å². The van der Waals surface area contributed by atoms with Crippen LogP contribution >= 0.6 is 0 Å². The van der Waals surface area contributed by atoms with Gasteiger partial charge >= 0.3 is 0 Å². The molecule has 0 fully saturated rings. The quantitative estimate of drug-likeness (QED) is 0.832. The fraction of sp³-hybridized carbons (Fsp3) is 0.167. The third-order valence-corrected chi connectivity index (χ3v) is 5.21. The minimum absolute atomic E-state index is 0.0147. The minimum atomic E-state index is -3.44. The van der Waals surface area contributed by atoms with Gasteiger partial charge in [0.25, 0.3) is 10.0 Å². The van der Waals surface area contributed by atoms with Crippen LogP contribution < -0.4 is 0 Å². The Hall–Kier alpha value is -2.80. The fourth-order valence-corrected chi connectivity index (χ4v) is 3.83. The largest absolute Gasteiger partial charge is 0.256 e. The highest BCUT2D eigenvalue weighted by molar-refractivity contribution is 7.90. The number of amidine groups is 1. The molecule has 0 saturated heterocycles. The maximum absolute atomic E-state index is 11.9. The maximum atomic E-state index is 11.9. The predicted molar refractivity (Wildman–Crippen MR) is 98.7 cm³/mol. The molecular weight excluding hydrogens is 336 g/mol. The Morgan fingerprint density at radius 2 is 1.80 bits per heavy atom. The summed E-state index contributed by atoms with van der Waals surface area (Å²) in [6, 6.07) is 13.6. The summed E-state index contributed by atoms with van der Waals surface area (Å²) in [6.45, 7) is 2.21. The van der Waals surface area contributed by atoms with Crippen molar-refractivity contribution in [3.63, 3.8) is 0 Å². The number of fused-ring (bicyclic) bond motifs is 1. The standard InChI is InChI=1S/C18H16N4O2S/c1-13-12-16(18-21-25(23,24)11-10-22(18)20-13)14-5-7-15(8-6-14)17-4-2-3-9-19-17/h2-9,12H,10-11H2,1H3. The molecule has 0 N–H and O–H groups in total. The molecule has 1 aromatic carbocycles. The summed E-state index contributed by atoms with van der Waals surface area (Å²) >= 11 is 0. The third kappa shape index (κ3) is 3.10. The van der Waals surface area contributed by atoms with Gasteiger partial charge in [-0.15, -0.1) is 4.40 Å². The zero-order valence-electron chi connectivity index (χ0n) is 13.6. The van der Waals surface area contributed by atoms with Gasteiger partial charge in [-0.2, -0.15) is 5.10 Å². The van der Waals surface area contributed by atoms with Crippen LogP contribution in [0.5, 0.6) is 0 Å². The lowest BCUT2D eigenvalue weighted by atomic mass is 9.99. The van der Waals surface area contributed by atoms with E-state index in [2.05, 4.69) is 14.5 Å². The number of allylic oxidation sites excluding steroid dienone is 1. The molecule has 0 unspecified atom stereocenters. The number of pyridine rings is 1. The molecule has 6 nitrogen and oxygen atoms in total. The van der Waals surface area contributed by atoms with Gasteiger partial charge in [0.05, 0.1) is 23.7 Å². The molecule has 0 radical (unpaired) electrons. The van der Waals surface area contributed by atoms with Gasteiger partial charge in [0, 0.05) is 17.3 Å². The highest BCUT2D eigenvalue weighted by atomic mass is 32.2. The first-order chi connectivity index (χ1) is 12.0. The topological polar surface area (TPSA) is 75.0 Å². The van der Waals surface area contributed by atoms with Crippen LogP contribution in [-0.4, -0.2) is 42.3 Å². The Kier molecular flexibility index (Phi) is 3.73. The van der Waals surface area contributed by atoms with E-state index in [1.54, 1.807) is 11.2 Å². The third-order valence-electron chi connectivity index (χ3n) is 4.06. The van der Waals surface area contributed by atoms with E-state index in [1.807, 2.05) is 55.5 Å². The van der Waals surface area contributed by atoms with E-state index >= 15 is 0 Å². The molecule has 0 saturated carbocycles. The number of hydrogen-bond acceptors (Lipinski definition) is 5. The van der Waals surface area contributed by atoms with Crippen molar-refractivity contribution in [3.8, 4) is 11.3 Å². The van der Waals surface area contributed by atoms with E-state index in [0.29, 0.717) is 12.4 Å². The van der Waals surface area contributed by atoms with Crippen molar-refractivity contribution in [3.05, 3.63) is 60.3 Å². The van der Waals surface area contributed by atoms with Gasteiger partial charge in [-0.1, -0.05) is 30.3 Å². The molecule has 0 spiro atoms. The van der Waals surface area contributed by atoms with Gasteiger partial charge < -0.3 is 0 Å². The van der Waals surface area contributed by atoms with E-state index in [-0.39, 0.29) is 5.75 Å². The average molecular weight is 352 g/mol. The molecule has 7 heteroatoms. The first-order valence-corrected chi connectivity index (χ1v) is 9.52. The summed E-state index contributed by atoms with van der Waals surface area (Å²) in [5, 5.41) is 6.04. The molecule has 0 atom stereocenters. The summed E-state index contributed by atoms with van der Waals surface area (Å²) in [6.07, 6.45) is 3.62. The smallest absolute Gasteiger partial charge is 0.256 e. The van der Waals surface area contributed by atoms with Gasteiger partial charge in [-0.25, -0.2) is 13.4 Å². The molecule has 4 rings (SSSR count). The van der Waals surface area contributed by atoms with E-state index in [0.717, 1.165) is 28.1 Å². The molecule has 126 valence electrons. The molecular formula is C18H16N4O2S. The number of sulfonamides is 1. The predicted octanol–water partition coefficient (Wildman–Crippen LogP) is 2.57. The Morgan fingerprint density at radius 1 is 1.04 bits per heavy atom. The molecule has 3 heterocycles. The maximum Gasteiger partial charge on any atom is 0.256 e. The lowest BCUT2D eigenvalue weighted by Crippen LogP contribution is -2.39. The number of hydrogen-bond donors (Lipinski definition) is 0. The Bertz CT molecular complexity index is 1010. The summed E-state index contributed by atoms with van der Waals surface area (Å²) < 4.78 is 27.7. The van der Waals surface area contributed by atoms with Gasteiger partial charge in [0.1, 0.15) is 0 Å². The van der Waals surface area contributed by atoms with Crippen molar-refractivity contribution in [1.29, 1.82) is 0 Å². The number of rotatable bonds is 2. The highest BCUT2D eigenvalue weighted by Crippen LogP contribution is 2.27. The van der Waals surface area contributed by atoms with Crippen LogP contribution in [-0.2, 0) is 10.0 Å². The highest BCUT2D eigenvalue weighted by Gasteiger charge is 2.29. The normalized spacial score (nSPS) is 18.8. The number of aromatic nitrogens is 1. The summed E-state index contributed by atoms with van der Waals surface area (Å²) in [5.74, 6) is 0.376. The van der Waals surface area contributed by atoms with Gasteiger partial charge in [-0.3, -0.25) is 4.98 Å². The number of hydrazone groups is 1. The number of benzene rings is 1. The van der Waals surface area contributed by atoms with Crippen LogP contribution in [0, 0.1) is 0 Å². The number of nitrogens with zero attached hydrogens (tertiary/aromatic N) is 4. The van der Waals surface area contributed by atoms with Crippen molar-refractivity contribution in [1.82, 2.24) is 9.99 Å². The van der Waals surface area contributed by atoms with Gasteiger partial charge in [0.15, 0.2) is 5.84 Å². The van der Waals surface area contributed by atoms with Gasteiger partial charge in [0.2, 0.25) is 0 Å². The summed E-state index contributed by atoms with van der Waals surface area (Å²) in [4.78, 5) is 4.34. The molecule has 1 aromatic heterocycles. The van der Waals surface area contributed by atoms with E-state index in [1.165, 1.54) is 0 Å². The lowest BCUT2D eigenvalue weighted by molar-refractivity contribution is 0.461. The fourth-order valence-electron chi connectivity index (χ4n) is 2.88. The van der Waals surface area contributed by atoms with E-state index in [9.17, 15) is 8.42 Å². The van der Waals surface area contributed by atoms with Crippen LogP contribution in [0.1, 0.15) is 12.5 Å².